The highest BCUT2D eigenvalue weighted by molar-refractivity contribution is 6.32. The molecule has 0 N–H and O–H groups in total. The Hall–Kier alpha value is -1.89. The van der Waals surface area contributed by atoms with Crippen molar-refractivity contribution >= 4 is 17.3 Å². The third kappa shape index (κ3) is 2.35. The molecule has 0 fully saturated rings. The third-order valence-electron chi connectivity index (χ3n) is 2.42. The molecule has 0 saturated carbocycles. The van der Waals surface area contributed by atoms with Gasteiger partial charge in [-0.2, -0.15) is 10.1 Å². The van der Waals surface area contributed by atoms with Gasteiger partial charge in [0.2, 0.25) is 5.89 Å². The molecule has 2 rings (SSSR count). The van der Waals surface area contributed by atoms with E-state index in [1.807, 2.05) is 0 Å². The lowest BCUT2D eigenvalue weighted by Crippen LogP contribution is -2.25. The minimum atomic E-state index is -0.342. The summed E-state index contributed by atoms with van der Waals surface area (Å²) in [6, 6.07) is 0. The first-order valence-corrected chi connectivity index (χ1v) is 5.59. The Morgan fingerprint density at radius 1 is 1.56 bits per heavy atom. The van der Waals surface area contributed by atoms with Crippen LogP contribution in [-0.4, -0.2) is 27.0 Å². The lowest BCUT2D eigenvalue weighted by Gasteiger charge is -2.17. The first kappa shape index (κ1) is 12.6. The van der Waals surface area contributed by atoms with E-state index in [1.165, 1.54) is 10.9 Å². The summed E-state index contributed by atoms with van der Waals surface area (Å²) in [4.78, 5) is 17.5. The summed E-state index contributed by atoms with van der Waals surface area (Å²) in [5.41, 5.74) is 0.188. The molecule has 0 aromatic carbocycles. The van der Waals surface area contributed by atoms with E-state index in [2.05, 4.69) is 15.2 Å². The lowest BCUT2D eigenvalue weighted by molar-refractivity contribution is 0.387. The predicted octanol–water partition coefficient (Wildman–Crippen LogP) is 0.762. The van der Waals surface area contributed by atoms with Gasteiger partial charge >= 0.3 is 0 Å². The number of hydrogen-bond acceptors (Lipinski definition) is 6. The summed E-state index contributed by atoms with van der Waals surface area (Å²) in [5.74, 6) is 1.01. The first-order chi connectivity index (χ1) is 8.49. The fourth-order valence-corrected chi connectivity index (χ4v) is 1.79. The van der Waals surface area contributed by atoms with Crippen LogP contribution in [0.4, 0.5) is 5.69 Å². The van der Waals surface area contributed by atoms with Crippen molar-refractivity contribution in [2.75, 3.05) is 11.9 Å². The van der Waals surface area contributed by atoms with Gasteiger partial charge < -0.3 is 9.42 Å². The van der Waals surface area contributed by atoms with E-state index in [0.29, 0.717) is 23.9 Å². The molecule has 0 saturated heterocycles. The van der Waals surface area contributed by atoms with E-state index in [-0.39, 0.29) is 10.6 Å². The van der Waals surface area contributed by atoms with E-state index < -0.39 is 0 Å². The average molecular weight is 270 g/mol. The van der Waals surface area contributed by atoms with E-state index in [9.17, 15) is 4.79 Å². The topological polar surface area (TPSA) is 77.1 Å². The molecule has 2 aromatic heterocycles. The van der Waals surface area contributed by atoms with Crippen LogP contribution in [0.2, 0.25) is 5.02 Å². The van der Waals surface area contributed by atoms with Crippen molar-refractivity contribution in [3.8, 4) is 0 Å². The van der Waals surface area contributed by atoms with Gasteiger partial charge in [0, 0.05) is 21.0 Å². The van der Waals surface area contributed by atoms with Crippen LogP contribution in [-0.2, 0) is 13.6 Å². The minimum Gasteiger partial charge on any atom is -0.364 e. The molecule has 2 heterocycles. The third-order valence-corrected chi connectivity index (χ3v) is 2.77. The summed E-state index contributed by atoms with van der Waals surface area (Å²) < 4.78 is 6.05. The number of aryl methyl sites for hydroxylation is 2. The predicted molar refractivity (Wildman–Crippen MR) is 65.6 cm³/mol. The van der Waals surface area contributed by atoms with E-state index in [1.54, 1.807) is 25.9 Å². The van der Waals surface area contributed by atoms with Crippen LogP contribution in [0.3, 0.4) is 0 Å². The van der Waals surface area contributed by atoms with Gasteiger partial charge in [0.05, 0.1) is 18.4 Å². The average Bonchev–Trinajstić information content (AvgIpc) is 2.71. The van der Waals surface area contributed by atoms with Gasteiger partial charge in [-0.25, -0.2) is 4.68 Å². The molecule has 0 spiro atoms. The normalized spacial score (nSPS) is 10.7. The highest BCUT2D eigenvalue weighted by Gasteiger charge is 2.13. The second kappa shape index (κ2) is 4.77. The molecule has 0 bridgehead atoms. The van der Waals surface area contributed by atoms with Gasteiger partial charge in [0.15, 0.2) is 5.82 Å². The zero-order chi connectivity index (χ0) is 13.3. The zero-order valence-electron chi connectivity index (χ0n) is 10.2. The SMILES string of the molecule is Cc1nc(CN(C)c2cnn(C)c(=O)c2Cl)no1. The molecule has 0 unspecified atom stereocenters. The monoisotopic (exact) mass is 269 g/mol. The van der Waals surface area contributed by atoms with Gasteiger partial charge in [-0.1, -0.05) is 16.8 Å². The first-order valence-electron chi connectivity index (χ1n) is 5.21. The number of nitrogens with zero attached hydrogens (tertiary/aromatic N) is 5. The molecule has 7 nitrogen and oxygen atoms in total. The van der Waals surface area contributed by atoms with Crippen molar-refractivity contribution in [1.29, 1.82) is 0 Å². The van der Waals surface area contributed by atoms with Crippen LogP contribution in [0.25, 0.3) is 0 Å². The Morgan fingerprint density at radius 2 is 2.28 bits per heavy atom. The maximum absolute atomic E-state index is 11.6. The minimum absolute atomic E-state index is 0.121. The summed E-state index contributed by atoms with van der Waals surface area (Å²) >= 11 is 5.99. The molecule has 18 heavy (non-hydrogen) atoms. The van der Waals surface area contributed by atoms with Crippen LogP contribution in [0.5, 0.6) is 0 Å². The molecule has 0 amide bonds. The summed E-state index contributed by atoms with van der Waals surface area (Å²) in [7, 11) is 3.31. The standard InChI is InChI=1S/C10H12ClN5O2/c1-6-13-8(14-18-6)5-15(2)7-4-12-16(3)10(17)9(7)11/h4H,5H2,1-3H3. The summed E-state index contributed by atoms with van der Waals surface area (Å²) in [5, 5.41) is 7.82. The van der Waals surface area contributed by atoms with Gasteiger partial charge in [-0.05, 0) is 0 Å². The quantitative estimate of drug-likeness (QED) is 0.819. The van der Waals surface area contributed by atoms with E-state index in [4.69, 9.17) is 16.1 Å². The van der Waals surface area contributed by atoms with Gasteiger partial charge in [0.1, 0.15) is 5.02 Å². The summed E-state index contributed by atoms with van der Waals surface area (Å²) in [6.45, 7) is 2.09. The van der Waals surface area contributed by atoms with Crippen molar-refractivity contribution < 1.29 is 4.52 Å². The smallest absolute Gasteiger partial charge is 0.287 e. The van der Waals surface area contributed by atoms with Crippen molar-refractivity contribution in [2.45, 2.75) is 13.5 Å². The fraction of sp³-hybridized carbons (Fsp3) is 0.400. The van der Waals surface area contributed by atoms with Crippen LogP contribution >= 0.6 is 11.6 Å². The zero-order valence-corrected chi connectivity index (χ0v) is 11.0. The Balaban J connectivity index is 2.26. The molecule has 0 atom stereocenters. The second-order valence-corrected chi connectivity index (χ2v) is 4.24. The number of halogens is 1. The Bertz CT molecular complexity index is 621. The Kier molecular flexibility index (Phi) is 3.33. The highest BCUT2D eigenvalue weighted by Crippen LogP contribution is 2.20. The number of anilines is 1. The molecule has 0 aliphatic heterocycles. The van der Waals surface area contributed by atoms with Crippen LogP contribution in [0, 0.1) is 6.92 Å². The molecule has 0 radical (unpaired) electrons. The molecule has 8 heteroatoms. The maximum atomic E-state index is 11.6. The van der Waals surface area contributed by atoms with E-state index in [0.717, 1.165) is 0 Å². The molecular weight excluding hydrogens is 258 g/mol. The largest absolute Gasteiger partial charge is 0.364 e. The Labute approximate surface area is 108 Å². The molecular formula is C10H12ClN5O2. The second-order valence-electron chi connectivity index (χ2n) is 3.86. The van der Waals surface area contributed by atoms with Gasteiger partial charge in [0.25, 0.3) is 5.56 Å². The highest BCUT2D eigenvalue weighted by atomic mass is 35.5. The lowest BCUT2D eigenvalue weighted by atomic mass is 10.4. The molecule has 96 valence electrons. The summed E-state index contributed by atoms with van der Waals surface area (Å²) in [6.07, 6.45) is 1.52. The van der Waals surface area contributed by atoms with Crippen LogP contribution in [0.15, 0.2) is 15.5 Å². The molecule has 0 aliphatic carbocycles. The van der Waals surface area contributed by atoms with Crippen molar-refractivity contribution in [1.82, 2.24) is 19.9 Å². The van der Waals surface area contributed by atoms with Crippen molar-refractivity contribution in [3.63, 3.8) is 0 Å². The van der Waals surface area contributed by atoms with E-state index >= 15 is 0 Å². The van der Waals surface area contributed by atoms with Crippen molar-refractivity contribution in [3.05, 3.63) is 33.3 Å². The van der Waals surface area contributed by atoms with Crippen molar-refractivity contribution in [2.24, 2.45) is 7.05 Å². The van der Waals surface area contributed by atoms with Gasteiger partial charge in [-0.15, -0.1) is 0 Å². The van der Waals surface area contributed by atoms with Crippen LogP contribution < -0.4 is 10.5 Å². The number of hydrogen-bond donors (Lipinski definition) is 0. The number of aromatic nitrogens is 4. The molecule has 0 aliphatic rings. The van der Waals surface area contributed by atoms with Crippen LogP contribution in [0.1, 0.15) is 11.7 Å². The maximum Gasteiger partial charge on any atom is 0.287 e. The van der Waals surface area contributed by atoms with Gasteiger partial charge in [-0.3, -0.25) is 4.79 Å². The molecule has 2 aromatic rings. The number of rotatable bonds is 3. The Morgan fingerprint density at radius 3 is 2.89 bits per heavy atom. The fourth-order valence-electron chi connectivity index (χ4n) is 1.47.